The van der Waals surface area contributed by atoms with Crippen LogP contribution in [-0.4, -0.2) is 16.6 Å². The quantitative estimate of drug-likeness (QED) is 0.489. The molecule has 2 heteroatoms. The first-order chi connectivity index (χ1) is 2.77. The van der Waals surface area contributed by atoms with Crippen LogP contribution in [0.15, 0.2) is 0 Å². The molecular weight excluding hydrogens is 99.5 g/mol. The summed E-state index contributed by atoms with van der Waals surface area (Å²) in [4.78, 5) is -0.181. The molecule has 0 aromatic rings. The summed E-state index contributed by atoms with van der Waals surface area (Å²) in [5.41, 5.74) is 0. The van der Waals surface area contributed by atoms with E-state index >= 15 is 0 Å². The van der Waals surface area contributed by atoms with E-state index in [1.54, 1.807) is 0 Å². The smallest absolute Gasteiger partial charge is 0.0678 e. The van der Waals surface area contributed by atoms with Gasteiger partial charge in [0.05, 0.1) is 11.5 Å². The highest BCUT2D eigenvalue weighted by atomic mass is 35.5. The monoisotopic (exact) mass is 106 g/mol. The maximum Gasteiger partial charge on any atom is 0.0678 e. The van der Waals surface area contributed by atoms with Crippen molar-refractivity contribution >= 4 is 11.6 Å². The van der Waals surface area contributed by atoms with Crippen LogP contribution in [0.3, 0.4) is 0 Å². The van der Waals surface area contributed by atoms with Crippen LogP contribution in [0.4, 0.5) is 0 Å². The van der Waals surface area contributed by atoms with E-state index in [-0.39, 0.29) is 11.5 Å². The van der Waals surface area contributed by atoms with Gasteiger partial charge in [0.1, 0.15) is 0 Å². The molecule has 1 nitrogen and oxygen atoms in total. The van der Waals surface area contributed by atoms with Gasteiger partial charge in [0.2, 0.25) is 0 Å². The van der Waals surface area contributed by atoms with Crippen molar-refractivity contribution < 1.29 is 5.11 Å². The average Bonchev–Trinajstić information content (AvgIpc) is 2.22. The van der Waals surface area contributed by atoms with Gasteiger partial charge in [-0.1, -0.05) is 0 Å². The van der Waals surface area contributed by atoms with Crippen molar-refractivity contribution in [2.75, 3.05) is 6.61 Å². The number of hydrogen-bond donors (Lipinski definition) is 1. The molecule has 1 rings (SSSR count). The Kier molecular flexibility index (Phi) is 0.815. The zero-order valence-corrected chi connectivity index (χ0v) is 4.20. The predicted molar refractivity (Wildman–Crippen MR) is 24.9 cm³/mol. The van der Waals surface area contributed by atoms with Crippen molar-refractivity contribution in [1.29, 1.82) is 0 Å². The van der Waals surface area contributed by atoms with Gasteiger partial charge >= 0.3 is 0 Å². The minimum absolute atomic E-state index is 0.147. The van der Waals surface area contributed by atoms with Crippen LogP contribution in [0.25, 0.3) is 0 Å². The van der Waals surface area contributed by atoms with Gasteiger partial charge in [-0.25, -0.2) is 0 Å². The minimum atomic E-state index is -0.181. The van der Waals surface area contributed by atoms with E-state index in [2.05, 4.69) is 0 Å². The standard InChI is InChI=1S/C4H7ClO/c5-4(3-6)1-2-4/h6H,1-3H2. The van der Waals surface area contributed by atoms with Crippen LogP contribution in [0.1, 0.15) is 12.8 Å². The Hall–Kier alpha value is 0.250. The second kappa shape index (κ2) is 1.11. The first kappa shape index (κ1) is 4.41. The number of halogens is 1. The fourth-order valence-corrected chi connectivity index (χ4v) is 0.388. The van der Waals surface area contributed by atoms with Crippen molar-refractivity contribution in [3.63, 3.8) is 0 Å². The van der Waals surface area contributed by atoms with Gasteiger partial charge < -0.3 is 5.11 Å². The topological polar surface area (TPSA) is 20.2 Å². The third-order valence-electron chi connectivity index (χ3n) is 1.08. The molecule has 0 atom stereocenters. The van der Waals surface area contributed by atoms with Crippen LogP contribution in [-0.2, 0) is 0 Å². The Morgan fingerprint density at radius 1 is 1.67 bits per heavy atom. The first-order valence-corrected chi connectivity index (χ1v) is 2.44. The van der Waals surface area contributed by atoms with Crippen LogP contribution >= 0.6 is 11.6 Å². The van der Waals surface area contributed by atoms with E-state index in [4.69, 9.17) is 16.7 Å². The van der Waals surface area contributed by atoms with Gasteiger partial charge in [0, 0.05) is 0 Å². The average molecular weight is 107 g/mol. The second-order valence-electron chi connectivity index (χ2n) is 1.81. The molecule has 0 heterocycles. The SMILES string of the molecule is OCC1(Cl)CC1. The van der Waals surface area contributed by atoms with E-state index in [9.17, 15) is 0 Å². The Morgan fingerprint density at radius 2 is 2.17 bits per heavy atom. The van der Waals surface area contributed by atoms with Gasteiger partial charge in [0.25, 0.3) is 0 Å². The molecule has 0 unspecified atom stereocenters. The lowest BCUT2D eigenvalue weighted by Gasteiger charge is -1.92. The van der Waals surface area contributed by atoms with Crippen molar-refractivity contribution in [3.05, 3.63) is 0 Å². The molecule has 1 N–H and O–H groups in total. The number of aliphatic hydroxyl groups excluding tert-OH is 1. The molecule has 1 fully saturated rings. The third kappa shape index (κ3) is 0.660. The van der Waals surface area contributed by atoms with Gasteiger partial charge in [-0.3, -0.25) is 0 Å². The third-order valence-corrected chi connectivity index (χ3v) is 1.57. The summed E-state index contributed by atoms with van der Waals surface area (Å²) in [6, 6.07) is 0. The molecule has 0 spiro atoms. The summed E-state index contributed by atoms with van der Waals surface area (Å²) in [6.45, 7) is 0.147. The lowest BCUT2D eigenvalue weighted by Crippen LogP contribution is -2.02. The van der Waals surface area contributed by atoms with Crippen molar-refractivity contribution in [2.24, 2.45) is 0 Å². The molecule has 6 heavy (non-hydrogen) atoms. The number of aliphatic hydroxyl groups is 1. The molecule has 0 bridgehead atoms. The Bertz CT molecular complexity index is 58.6. The molecule has 0 aliphatic heterocycles. The fourth-order valence-electron chi connectivity index (χ4n) is 0.294. The molecule has 0 saturated heterocycles. The number of alkyl halides is 1. The number of rotatable bonds is 1. The lowest BCUT2D eigenvalue weighted by molar-refractivity contribution is 0.286. The van der Waals surface area contributed by atoms with Crippen molar-refractivity contribution in [1.82, 2.24) is 0 Å². The van der Waals surface area contributed by atoms with Crippen LogP contribution in [0, 0.1) is 0 Å². The maximum absolute atomic E-state index is 8.33. The molecule has 0 aromatic carbocycles. The highest BCUT2D eigenvalue weighted by Crippen LogP contribution is 2.41. The lowest BCUT2D eigenvalue weighted by atomic mass is 10.5. The number of hydrogen-bond acceptors (Lipinski definition) is 1. The van der Waals surface area contributed by atoms with Gasteiger partial charge in [0.15, 0.2) is 0 Å². The van der Waals surface area contributed by atoms with Gasteiger partial charge in [-0.2, -0.15) is 0 Å². The van der Waals surface area contributed by atoms with Crippen molar-refractivity contribution in [3.8, 4) is 0 Å². The molecule has 0 aromatic heterocycles. The normalized spacial score (nSPS) is 27.0. The summed E-state index contributed by atoms with van der Waals surface area (Å²) >= 11 is 5.58. The predicted octanol–water partition coefficient (Wildman–Crippen LogP) is 0.750. The van der Waals surface area contributed by atoms with Crippen LogP contribution in [0.5, 0.6) is 0 Å². The van der Waals surface area contributed by atoms with Gasteiger partial charge in [-0.05, 0) is 12.8 Å². The molecule has 0 amide bonds. The fraction of sp³-hybridized carbons (Fsp3) is 1.00. The molecule has 1 saturated carbocycles. The molecule has 1 aliphatic rings. The Morgan fingerprint density at radius 3 is 2.17 bits per heavy atom. The molecule has 0 radical (unpaired) electrons. The van der Waals surface area contributed by atoms with Crippen LogP contribution in [0.2, 0.25) is 0 Å². The second-order valence-corrected chi connectivity index (χ2v) is 2.61. The molecular formula is C4H7ClO. The Balaban J connectivity index is 2.28. The summed E-state index contributed by atoms with van der Waals surface area (Å²) in [5.74, 6) is 0. The van der Waals surface area contributed by atoms with Gasteiger partial charge in [-0.15, -0.1) is 11.6 Å². The zero-order chi connectivity index (χ0) is 4.62. The highest BCUT2D eigenvalue weighted by molar-refractivity contribution is 6.25. The Labute approximate surface area is 41.9 Å². The van der Waals surface area contributed by atoms with E-state index in [0.717, 1.165) is 12.8 Å². The molecule has 1 aliphatic carbocycles. The first-order valence-electron chi connectivity index (χ1n) is 2.07. The summed E-state index contributed by atoms with van der Waals surface area (Å²) in [6.07, 6.45) is 1.98. The van der Waals surface area contributed by atoms with E-state index in [1.807, 2.05) is 0 Å². The largest absolute Gasteiger partial charge is 0.395 e. The maximum atomic E-state index is 8.33. The van der Waals surface area contributed by atoms with E-state index in [0.29, 0.717) is 0 Å². The van der Waals surface area contributed by atoms with Crippen LogP contribution < -0.4 is 0 Å². The molecule has 36 valence electrons. The highest BCUT2D eigenvalue weighted by Gasteiger charge is 2.39. The van der Waals surface area contributed by atoms with E-state index < -0.39 is 0 Å². The minimum Gasteiger partial charge on any atom is -0.395 e. The summed E-state index contributed by atoms with van der Waals surface area (Å²) in [5, 5.41) is 8.33. The van der Waals surface area contributed by atoms with E-state index in [1.165, 1.54) is 0 Å². The zero-order valence-electron chi connectivity index (χ0n) is 3.45. The summed E-state index contributed by atoms with van der Waals surface area (Å²) < 4.78 is 0. The van der Waals surface area contributed by atoms with Crippen molar-refractivity contribution in [2.45, 2.75) is 17.7 Å². The summed E-state index contributed by atoms with van der Waals surface area (Å²) in [7, 11) is 0.